The molecule has 1 atom stereocenters. The highest BCUT2D eigenvalue weighted by atomic mass is 35.5. The fourth-order valence-corrected chi connectivity index (χ4v) is 3.50. The summed E-state index contributed by atoms with van der Waals surface area (Å²) in [5.41, 5.74) is 3.95. The molecule has 1 aliphatic heterocycles. The van der Waals surface area contributed by atoms with Crippen LogP contribution in [-0.4, -0.2) is 27.3 Å². The van der Waals surface area contributed by atoms with Crippen LogP contribution in [0.4, 0.5) is 0 Å². The lowest BCUT2D eigenvalue weighted by Crippen LogP contribution is -2.39. The lowest BCUT2D eigenvalue weighted by atomic mass is 9.93. The number of para-hydroxylation sites is 1. The van der Waals surface area contributed by atoms with E-state index in [1.165, 1.54) is 11.1 Å². The van der Waals surface area contributed by atoms with Crippen molar-refractivity contribution in [3.63, 3.8) is 0 Å². The number of benzene rings is 2. The molecule has 1 amide bonds. The molecular weight excluding hydrogens is 310 g/mol. The normalized spacial score (nSPS) is 17.3. The SMILES string of the molecule is CC1c2ccccc2CCN1C(=O)c1nc2c(Cl)cccc2[nH]1. The van der Waals surface area contributed by atoms with Crippen LogP contribution < -0.4 is 0 Å². The Kier molecular flexibility index (Phi) is 3.34. The first-order valence-corrected chi connectivity index (χ1v) is 8.06. The van der Waals surface area contributed by atoms with Crippen LogP contribution >= 0.6 is 11.6 Å². The van der Waals surface area contributed by atoms with E-state index in [0.29, 0.717) is 22.9 Å². The number of rotatable bonds is 1. The number of nitrogens with zero attached hydrogens (tertiary/aromatic N) is 2. The van der Waals surface area contributed by atoms with Gasteiger partial charge in [0.05, 0.1) is 16.6 Å². The minimum absolute atomic E-state index is 0.0381. The molecule has 0 saturated heterocycles. The largest absolute Gasteiger partial charge is 0.334 e. The van der Waals surface area contributed by atoms with Crippen molar-refractivity contribution < 1.29 is 4.79 Å². The smallest absolute Gasteiger partial charge is 0.290 e. The van der Waals surface area contributed by atoms with Crippen LogP contribution in [0.1, 0.15) is 34.7 Å². The number of imidazole rings is 1. The standard InChI is InChI=1S/C18H16ClN3O/c1-11-13-6-3-2-5-12(13)9-10-22(11)18(23)17-20-15-8-4-7-14(19)16(15)21-17/h2-8,11H,9-10H2,1H3,(H,20,21). The third kappa shape index (κ3) is 2.30. The highest BCUT2D eigenvalue weighted by molar-refractivity contribution is 6.35. The van der Waals surface area contributed by atoms with Crippen LogP contribution in [0.2, 0.25) is 5.02 Å². The van der Waals surface area contributed by atoms with Gasteiger partial charge in [0.2, 0.25) is 0 Å². The zero-order chi connectivity index (χ0) is 16.0. The van der Waals surface area contributed by atoms with Crippen LogP contribution in [0, 0.1) is 0 Å². The molecule has 4 rings (SSSR count). The molecule has 0 bridgehead atoms. The molecule has 1 aromatic heterocycles. The highest BCUT2D eigenvalue weighted by Crippen LogP contribution is 2.30. The topological polar surface area (TPSA) is 49.0 Å². The van der Waals surface area contributed by atoms with E-state index in [0.717, 1.165) is 11.9 Å². The van der Waals surface area contributed by atoms with Crippen molar-refractivity contribution in [3.05, 3.63) is 64.4 Å². The van der Waals surface area contributed by atoms with Crippen molar-refractivity contribution in [2.45, 2.75) is 19.4 Å². The first kappa shape index (κ1) is 14.3. The van der Waals surface area contributed by atoms with Gasteiger partial charge in [-0.2, -0.15) is 0 Å². The maximum absolute atomic E-state index is 12.9. The van der Waals surface area contributed by atoms with E-state index in [2.05, 4.69) is 29.0 Å². The van der Waals surface area contributed by atoms with Crippen LogP contribution in [-0.2, 0) is 6.42 Å². The number of aromatic nitrogens is 2. The van der Waals surface area contributed by atoms with Gasteiger partial charge in [0.25, 0.3) is 5.91 Å². The van der Waals surface area contributed by atoms with E-state index < -0.39 is 0 Å². The Morgan fingerprint density at radius 1 is 1.26 bits per heavy atom. The van der Waals surface area contributed by atoms with E-state index in [4.69, 9.17) is 11.6 Å². The molecule has 0 radical (unpaired) electrons. The Bertz CT molecular complexity index is 902. The summed E-state index contributed by atoms with van der Waals surface area (Å²) in [6, 6.07) is 13.8. The third-order valence-corrected chi connectivity index (χ3v) is 4.83. The molecule has 116 valence electrons. The Labute approximate surface area is 139 Å². The van der Waals surface area contributed by atoms with Gasteiger partial charge in [0.15, 0.2) is 5.82 Å². The predicted octanol–water partition coefficient (Wildman–Crippen LogP) is 3.98. The quantitative estimate of drug-likeness (QED) is 0.735. The number of carbonyl (C=O) groups is 1. The fraction of sp³-hybridized carbons (Fsp3) is 0.222. The molecule has 4 nitrogen and oxygen atoms in total. The van der Waals surface area contributed by atoms with Gasteiger partial charge < -0.3 is 9.88 Å². The summed E-state index contributed by atoms with van der Waals surface area (Å²) in [7, 11) is 0. The number of aromatic amines is 1. The van der Waals surface area contributed by atoms with Gasteiger partial charge >= 0.3 is 0 Å². The number of amides is 1. The molecule has 0 fully saturated rings. The summed E-state index contributed by atoms with van der Waals surface area (Å²) >= 11 is 6.15. The van der Waals surface area contributed by atoms with Gasteiger partial charge in [-0.25, -0.2) is 4.98 Å². The van der Waals surface area contributed by atoms with E-state index in [1.54, 1.807) is 6.07 Å². The van der Waals surface area contributed by atoms with Crippen LogP contribution in [0.5, 0.6) is 0 Å². The molecule has 0 spiro atoms. The van der Waals surface area contributed by atoms with Gasteiger partial charge in [-0.05, 0) is 36.6 Å². The second-order valence-corrected chi connectivity index (χ2v) is 6.25. The molecule has 23 heavy (non-hydrogen) atoms. The molecule has 0 saturated carbocycles. The van der Waals surface area contributed by atoms with Crippen molar-refractivity contribution >= 4 is 28.5 Å². The third-order valence-electron chi connectivity index (χ3n) is 4.52. The van der Waals surface area contributed by atoms with Gasteiger partial charge in [-0.1, -0.05) is 41.9 Å². The van der Waals surface area contributed by atoms with E-state index in [1.807, 2.05) is 29.2 Å². The summed E-state index contributed by atoms with van der Waals surface area (Å²) in [4.78, 5) is 22.2. The van der Waals surface area contributed by atoms with E-state index >= 15 is 0 Å². The Morgan fingerprint density at radius 3 is 2.91 bits per heavy atom. The zero-order valence-corrected chi connectivity index (χ0v) is 13.5. The molecule has 3 aromatic rings. The molecule has 5 heteroatoms. The van der Waals surface area contributed by atoms with Gasteiger partial charge in [0, 0.05) is 6.54 Å². The number of nitrogens with one attached hydrogen (secondary N) is 1. The highest BCUT2D eigenvalue weighted by Gasteiger charge is 2.29. The van der Waals surface area contributed by atoms with Crippen molar-refractivity contribution in [1.29, 1.82) is 0 Å². The summed E-state index contributed by atoms with van der Waals surface area (Å²) in [5.74, 6) is 0.263. The molecular formula is C18H16ClN3O. The summed E-state index contributed by atoms with van der Waals surface area (Å²) in [6.07, 6.45) is 0.868. The minimum Gasteiger partial charge on any atom is -0.334 e. The predicted molar refractivity (Wildman–Crippen MR) is 90.7 cm³/mol. The molecule has 1 aliphatic rings. The fourth-order valence-electron chi connectivity index (χ4n) is 3.28. The Morgan fingerprint density at radius 2 is 2.09 bits per heavy atom. The monoisotopic (exact) mass is 325 g/mol. The second kappa shape index (κ2) is 5.39. The van der Waals surface area contributed by atoms with Crippen molar-refractivity contribution in [1.82, 2.24) is 14.9 Å². The summed E-state index contributed by atoms with van der Waals surface area (Å²) in [5, 5.41) is 0.551. The average Bonchev–Trinajstić information content (AvgIpc) is 3.01. The lowest BCUT2D eigenvalue weighted by Gasteiger charge is -2.34. The number of fused-ring (bicyclic) bond motifs is 2. The zero-order valence-electron chi connectivity index (χ0n) is 12.7. The Balaban J connectivity index is 1.70. The van der Waals surface area contributed by atoms with Crippen molar-refractivity contribution in [2.24, 2.45) is 0 Å². The maximum Gasteiger partial charge on any atom is 0.290 e. The maximum atomic E-state index is 12.9. The molecule has 2 aromatic carbocycles. The molecule has 1 N–H and O–H groups in total. The number of H-pyrrole nitrogens is 1. The summed E-state index contributed by atoms with van der Waals surface area (Å²) < 4.78 is 0. The van der Waals surface area contributed by atoms with Crippen LogP contribution in [0.3, 0.4) is 0 Å². The van der Waals surface area contributed by atoms with Crippen molar-refractivity contribution in [3.8, 4) is 0 Å². The van der Waals surface area contributed by atoms with Gasteiger partial charge in [-0.15, -0.1) is 0 Å². The van der Waals surface area contributed by atoms with Crippen LogP contribution in [0.15, 0.2) is 42.5 Å². The van der Waals surface area contributed by atoms with Crippen LogP contribution in [0.25, 0.3) is 11.0 Å². The second-order valence-electron chi connectivity index (χ2n) is 5.84. The number of hydrogen-bond acceptors (Lipinski definition) is 2. The van der Waals surface area contributed by atoms with Crippen molar-refractivity contribution in [2.75, 3.05) is 6.54 Å². The molecule has 1 unspecified atom stereocenters. The van der Waals surface area contributed by atoms with E-state index in [9.17, 15) is 4.79 Å². The number of carbonyl (C=O) groups excluding carboxylic acids is 1. The lowest BCUT2D eigenvalue weighted by molar-refractivity contribution is 0.0666. The van der Waals surface area contributed by atoms with Gasteiger partial charge in [-0.3, -0.25) is 4.79 Å². The number of halogens is 1. The minimum atomic E-state index is -0.0840. The number of hydrogen-bond donors (Lipinski definition) is 1. The first-order valence-electron chi connectivity index (χ1n) is 7.68. The molecule has 0 aliphatic carbocycles. The summed E-state index contributed by atoms with van der Waals surface area (Å²) in [6.45, 7) is 2.76. The van der Waals surface area contributed by atoms with E-state index in [-0.39, 0.29) is 11.9 Å². The molecule has 2 heterocycles. The first-order chi connectivity index (χ1) is 11.1. The van der Waals surface area contributed by atoms with Gasteiger partial charge in [0.1, 0.15) is 5.52 Å². The average molecular weight is 326 g/mol. The Hall–Kier alpha value is -2.33.